The van der Waals surface area contributed by atoms with Gasteiger partial charge in [0.15, 0.2) is 0 Å². The zero-order valence-corrected chi connectivity index (χ0v) is 14.3. The summed E-state index contributed by atoms with van der Waals surface area (Å²) in [4.78, 5) is 22.6. The Bertz CT molecular complexity index is 310. The summed E-state index contributed by atoms with van der Waals surface area (Å²) < 4.78 is 9.93. The fourth-order valence-electron chi connectivity index (χ4n) is 1.96. The molecule has 0 bridgehead atoms. The van der Waals surface area contributed by atoms with Crippen LogP contribution in [0.5, 0.6) is 0 Å². The van der Waals surface area contributed by atoms with Crippen LogP contribution in [0, 0.1) is 0 Å². The van der Waals surface area contributed by atoms with Crippen molar-refractivity contribution in [3.05, 3.63) is 12.2 Å². The number of esters is 2. The summed E-state index contributed by atoms with van der Waals surface area (Å²) in [5, 5.41) is 0. The van der Waals surface area contributed by atoms with Gasteiger partial charge in [0, 0.05) is 12.2 Å². The molecule has 0 rings (SSSR count). The van der Waals surface area contributed by atoms with Gasteiger partial charge in [-0.3, -0.25) is 0 Å². The molecule has 0 heterocycles. The van der Waals surface area contributed by atoms with E-state index in [-0.39, 0.29) is 0 Å². The molecule has 0 aromatic rings. The van der Waals surface area contributed by atoms with E-state index in [1.54, 1.807) is 0 Å². The first-order valence-corrected chi connectivity index (χ1v) is 8.72. The minimum Gasteiger partial charge on any atom is -0.463 e. The molecule has 22 heavy (non-hydrogen) atoms. The largest absolute Gasteiger partial charge is 0.463 e. The van der Waals surface area contributed by atoms with Crippen molar-refractivity contribution in [1.82, 2.24) is 0 Å². The zero-order valence-electron chi connectivity index (χ0n) is 14.3. The molecule has 0 saturated heterocycles. The van der Waals surface area contributed by atoms with Gasteiger partial charge in [0.1, 0.15) is 0 Å². The monoisotopic (exact) mass is 312 g/mol. The third-order valence-electron chi connectivity index (χ3n) is 3.34. The van der Waals surface area contributed by atoms with Crippen LogP contribution in [0.2, 0.25) is 0 Å². The average molecular weight is 312 g/mol. The molecule has 4 nitrogen and oxygen atoms in total. The molecule has 4 heteroatoms. The van der Waals surface area contributed by atoms with Crippen LogP contribution in [0.1, 0.15) is 78.1 Å². The lowest BCUT2D eigenvalue weighted by Crippen LogP contribution is -2.06. The first kappa shape index (κ1) is 20.7. The Morgan fingerprint density at radius 3 is 1.55 bits per heavy atom. The third kappa shape index (κ3) is 15.1. The number of carbonyl (C=O) groups excluding carboxylic acids is 2. The third-order valence-corrected chi connectivity index (χ3v) is 3.34. The molecule has 0 aromatic carbocycles. The van der Waals surface area contributed by atoms with E-state index in [0.29, 0.717) is 13.2 Å². The van der Waals surface area contributed by atoms with Crippen LogP contribution in [0.15, 0.2) is 12.2 Å². The maximum Gasteiger partial charge on any atom is 0.331 e. The molecular weight excluding hydrogens is 280 g/mol. The van der Waals surface area contributed by atoms with Crippen molar-refractivity contribution >= 4 is 11.9 Å². The van der Waals surface area contributed by atoms with E-state index >= 15 is 0 Å². The molecule has 0 saturated carbocycles. The smallest absolute Gasteiger partial charge is 0.331 e. The van der Waals surface area contributed by atoms with Crippen LogP contribution < -0.4 is 0 Å². The van der Waals surface area contributed by atoms with Gasteiger partial charge in [-0.1, -0.05) is 65.2 Å². The Morgan fingerprint density at radius 1 is 0.636 bits per heavy atom. The van der Waals surface area contributed by atoms with Crippen LogP contribution in [0.25, 0.3) is 0 Å². The fourth-order valence-corrected chi connectivity index (χ4v) is 1.96. The van der Waals surface area contributed by atoms with Crippen molar-refractivity contribution in [2.24, 2.45) is 0 Å². The molecule has 128 valence electrons. The van der Waals surface area contributed by atoms with Gasteiger partial charge in [0.25, 0.3) is 0 Å². The summed E-state index contributed by atoms with van der Waals surface area (Å²) in [6, 6.07) is 0. The zero-order chi connectivity index (χ0) is 16.5. The SMILES string of the molecule is CCCCCCCCCCOC(=O)C=CC(=O)OCCCC. The standard InChI is InChI=1S/C18H32O4/c1-3-5-7-8-9-10-11-12-16-22-18(20)14-13-17(19)21-15-6-4-2/h13-14H,3-12,15-16H2,1-2H3. The van der Waals surface area contributed by atoms with Crippen molar-refractivity contribution in [3.8, 4) is 0 Å². The second kappa shape index (κ2) is 16.1. The van der Waals surface area contributed by atoms with Crippen molar-refractivity contribution < 1.29 is 19.1 Å². The van der Waals surface area contributed by atoms with Crippen molar-refractivity contribution in [1.29, 1.82) is 0 Å². The van der Waals surface area contributed by atoms with Gasteiger partial charge in [-0.25, -0.2) is 9.59 Å². The van der Waals surface area contributed by atoms with Crippen LogP contribution in [0.3, 0.4) is 0 Å². The highest BCUT2D eigenvalue weighted by atomic mass is 16.5. The molecule has 0 aliphatic heterocycles. The summed E-state index contributed by atoms with van der Waals surface area (Å²) in [5.74, 6) is -0.965. The predicted molar refractivity (Wildman–Crippen MR) is 88.6 cm³/mol. The van der Waals surface area contributed by atoms with Gasteiger partial charge in [-0.2, -0.15) is 0 Å². The molecular formula is C18H32O4. The number of unbranched alkanes of at least 4 members (excludes halogenated alkanes) is 8. The molecule has 0 fully saturated rings. The molecule has 0 aromatic heterocycles. The predicted octanol–water partition coefficient (Wildman–Crippen LogP) is 4.57. The van der Waals surface area contributed by atoms with Gasteiger partial charge in [-0.15, -0.1) is 0 Å². The van der Waals surface area contributed by atoms with Gasteiger partial charge in [0.2, 0.25) is 0 Å². The first-order chi connectivity index (χ1) is 10.7. The Kier molecular flexibility index (Phi) is 15.1. The topological polar surface area (TPSA) is 52.6 Å². The maximum absolute atomic E-state index is 11.4. The highest BCUT2D eigenvalue weighted by Crippen LogP contribution is 2.08. The highest BCUT2D eigenvalue weighted by molar-refractivity contribution is 5.91. The number of carbonyl (C=O) groups is 2. The van der Waals surface area contributed by atoms with E-state index in [1.807, 2.05) is 6.92 Å². The lowest BCUT2D eigenvalue weighted by atomic mass is 10.1. The summed E-state index contributed by atoms with van der Waals surface area (Å²) >= 11 is 0. The Balaban J connectivity index is 3.43. The second-order valence-electron chi connectivity index (χ2n) is 5.50. The summed E-state index contributed by atoms with van der Waals surface area (Å²) in [5.41, 5.74) is 0. The van der Waals surface area contributed by atoms with E-state index < -0.39 is 11.9 Å². The minimum atomic E-state index is -0.488. The summed E-state index contributed by atoms with van der Waals surface area (Å²) in [7, 11) is 0. The molecule has 0 aliphatic carbocycles. The summed E-state index contributed by atoms with van der Waals surface area (Å²) in [6.07, 6.45) is 13.7. The van der Waals surface area contributed by atoms with Crippen LogP contribution in [0.4, 0.5) is 0 Å². The average Bonchev–Trinajstić information content (AvgIpc) is 2.51. The van der Waals surface area contributed by atoms with E-state index in [1.165, 1.54) is 38.5 Å². The van der Waals surface area contributed by atoms with Gasteiger partial charge >= 0.3 is 11.9 Å². The molecule has 0 N–H and O–H groups in total. The Labute approximate surface area is 135 Å². The van der Waals surface area contributed by atoms with Crippen molar-refractivity contribution in [3.63, 3.8) is 0 Å². The Morgan fingerprint density at radius 2 is 1.05 bits per heavy atom. The molecule has 0 amide bonds. The van der Waals surface area contributed by atoms with E-state index in [2.05, 4.69) is 6.92 Å². The number of ether oxygens (including phenoxy) is 2. The fraction of sp³-hybridized carbons (Fsp3) is 0.778. The summed E-state index contributed by atoms with van der Waals surface area (Å²) in [6.45, 7) is 5.05. The van der Waals surface area contributed by atoms with Gasteiger partial charge in [0.05, 0.1) is 13.2 Å². The van der Waals surface area contributed by atoms with Crippen LogP contribution in [-0.2, 0) is 19.1 Å². The number of hydrogen-bond donors (Lipinski definition) is 0. The quantitative estimate of drug-likeness (QED) is 0.268. The second-order valence-corrected chi connectivity index (χ2v) is 5.50. The van der Waals surface area contributed by atoms with Crippen LogP contribution >= 0.6 is 0 Å². The van der Waals surface area contributed by atoms with Crippen molar-refractivity contribution in [2.45, 2.75) is 78.1 Å². The molecule has 0 atom stereocenters. The molecule has 0 spiro atoms. The highest BCUT2D eigenvalue weighted by Gasteiger charge is 2.00. The van der Waals surface area contributed by atoms with E-state index in [0.717, 1.165) is 37.8 Å². The number of rotatable bonds is 14. The Hall–Kier alpha value is -1.32. The molecule has 0 unspecified atom stereocenters. The lowest BCUT2D eigenvalue weighted by Gasteiger charge is -2.03. The van der Waals surface area contributed by atoms with Gasteiger partial charge in [-0.05, 0) is 12.8 Å². The van der Waals surface area contributed by atoms with Gasteiger partial charge < -0.3 is 9.47 Å². The lowest BCUT2D eigenvalue weighted by molar-refractivity contribution is -0.140. The normalized spacial score (nSPS) is 10.8. The van der Waals surface area contributed by atoms with Crippen LogP contribution in [-0.4, -0.2) is 25.2 Å². The van der Waals surface area contributed by atoms with E-state index in [9.17, 15) is 9.59 Å². The van der Waals surface area contributed by atoms with E-state index in [4.69, 9.17) is 9.47 Å². The maximum atomic E-state index is 11.4. The molecule has 0 aliphatic rings. The molecule has 0 radical (unpaired) electrons. The minimum absolute atomic E-state index is 0.396. The first-order valence-electron chi connectivity index (χ1n) is 8.72. The van der Waals surface area contributed by atoms with Crippen molar-refractivity contribution in [2.75, 3.05) is 13.2 Å². The number of hydrogen-bond acceptors (Lipinski definition) is 4.